The fraction of sp³-hybridized carbons (Fsp3) is 0. The minimum absolute atomic E-state index is 0.702. The molecule has 0 atom stereocenters. The van der Waals surface area contributed by atoms with E-state index in [-0.39, 0.29) is 0 Å². The maximum absolute atomic E-state index is 8.78. The third-order valence-electron chi connectivity index (χ3n) is 2.81. The van der Waals surface area contributed by atoms with Crippen LogP contribution in [0.2, 0.25) is 0 Å². The van der Waals surface area contributed by atoms with Crippen LogP contribution in [0.5, 0.6) is 0 Å². The number of nitrogens with zero attached hydrogens (tertiary/aromatic N) is 1. The zero-order chi connectivity index (χ0) is 11.7. The molecule has 0 aliphatic heterocycles. The van der Waals surface area contributed by atoms with Crippen molar-refractivity contribution in [1.29, 1.82) is 5.26 Å². The van der Waals surface area contributed by atoms with Gasteiger partial charge in [-0.25, -0.2) is 0 Å². The zero-order valence-electron chi connectivity index (χ0n) is 9.05. The largest absolute Gasteiger partial charge is 0.192 e. The molecule has 2 aromatic carbocycles. The van der Waals surface area contributed by atoms with Crippen molar-refractivity contribution in [2.45, 2.75) is 0 Å². The summed E-state index contributed by atoms with van der Waals surface area (Å²) in [5.41, 5.74) is 3.12. The van der Waals surface area contributed by atoms with Gasteiger partial charge in [-0.2, -0.15) is 5.26 Å². The first-order valence-electron chi connectivity index (χ1n) is 5.35. The molecule has 0 aliphatic rings. The molecule has 0 bridgehead atoms. The molecule has 17 heavy (non-hydrogen) atoms. The summed E-state index contributed by atoms with van der Waals surface area (Å²) in [6.07, 6.45) is 0. The first-order valence-corrected chi connectivity index (χ1v) is 6.23. The molecule has 0 radical (unpaired) electrons. The number of nitriles is 1. The van der Waals surface area contributed by atoms with Gasteiger partial charge in [-0.15, -0.1) is 11.3 Å². The predicted molar refractivity (Wildman–Crippen MR) is 72.0 cm³/mol. The molecule has 2 heteroatoms. The third-order valence-corrected chi connectivity index (χ3v) is 3.77. The quantitative estimate of drug-likeness (QED) is 0.611. The summed E-state index contributed by atoms with van der Waals surface area (Å²) in [7, 11) is 0. The van der Waals surface area contributed by atoms with Crippen molar-refractivity contribution in [2.75, 3.05) is 0 Å². The van der Waals surface area contributed by atoms with E-state index in [9.17, 15) is 0 Å². The number of rotatable bonds is 1. The van der Waals surface area contributed by atoms with E-state index in [1.807, 2.05) is 24.3 Å². The molecule has 3 aromatic rings. The normalized spacial score (nSPS) is 10.3. The van der Waals surface area contributed by atoms with Crippen LogP contribution < -0.4 is 0 Å². The molecule has 0 amide bonds. The van der Waals surface area contributed by atoms with E-state index >= 15 is 0 Å². The Morgan fingerprint density at radius 3 is 2.47 bits per heavy atom. The fourth-order valence-corrected chi connectivity index (χ4v) is 2.90. The van der Waals surface area contributed by atoms with Gasteiger partial charge >= 0.3 is 0 Å². The minimum atomic E-state index is 0.702. The molecule has 0 fully saturated rings. The summed E-state index contributed by atoms with van der Waals surface area (Å²) >= 11 is 1.75. The molecule has 80 valence electrons. The van der Waals surface area contributed by atoms with Gasteiger partial charge in [0.05, 0.1) is 11.6 Å². The minimum Gasteiger partial charge on any atom is -0.192 e. The first-order chi connectivity index (χ1) is 8.38. The lowest BCUT2D eigenvalue weighted by atomic mass is 10.0. The smallest absolute Gasteiger partial charge is 0.0991 e. The van der Waals surface area contributed by atoms with Gasteiger partial charge in [0.1, 0.15) is 0 Å². The van der Waals surface area contributed by atoms with Crippen molar-refractivity contribution in [3.05, 3.63) is 59.5 Å². The Balaban J connectivity index is 2.17. The van der Waals surface area contributed by atoms with Crippen LogP contribution in [0, 0.1) is 11.3 Å². The second-order valence-corrected chi connectivity index (χ2v) is 4.75. The van der Waals surface area contributed by atoms with Crippen molar-refractivity contribution in [1.82, 2.24) is 0 Å². The highest BCUT2D eigenvalue weighted by atomic mass is 32.1. The summed E-state index contributed by atoms with van der Waals surface area (Å²) in [5, 5.41) is 12.2. The predicted octanol–water partition coefficient (Wildman–Crippen LogP) is 4.44. The molecular weight excluding hydrogens is 226 g/mol. The van der Waals surface area contributed by atoms with Gasteiger partial charge in [-0.05, 0) is 29.1 Å². The van der Waals surface area contributed by atoms with Gasteiger partial charge in [0, 0.05) is 15.6 Å². The first kappa shape index (κ1) is 10.1. The molecule has 0 saturated heterocycles. The van der Waals surface area contributed by atoms with Gasteiger partial charge < -0.3 is 0 Å². The van der Waals surface area contributed by atoms with E-state index < -0.39 is 0 Å². The number of thiophene rings is 1. The van der Waals surface area contributed by atoms with Crippen LogP contribution in [-0.2, 0) is 0 Å². The van der Waals surface area contributed by atoms with Crippen molar-refractivity contribution < 1.29 is 0 Å². The van der Waals surface area contributed by atoms with Crippen molar-refractivity contribution >= 4 is 21.4 Å². The maximum atomic E-state index is 8.78. The molecule has 0 spiro atoms. The van der Waals surface area contributed by atoms with Gasteiger partial charge in [-0.3, -0.25) is 0 Å². The average Bonchev–Trinajstić information content (AvgIpc) is 2.83. The Bertz CT molecular complexity index is 702. The third kappa shape index (κ3) is 1.71. The highest BCUT2D eigenvalue weighted by Gasteiger charge is 2.05. The van der Waals surface area contributed by atoms with Crippen molar-refractivity contribution in [2.24, 2.45) is 0 Å². The SMILES string of the molecule is N#Cc1ccc(-c2csc3ccccc23)cc1. The lowest BCUT2D eigenvalue weighted by molar-refractivity contribution is 1.49. The van der Waals surface area contributed by atoms with Gasteiger partial charge in [0.25, 0.3) is 0 Å². The molecule has 1 aromatic heterocycles. The Hall–Kier alpha value is -2.11. The molecular formula is C15H9NS. The van der Waals surface area contributed by atoms with Crippen molar-refractivity contribution in [3.63, 3.8) is 0 Å². The van der Waals surface area contributed by atoms with Crippen LogP contribution in [0.4, 0.5) is 0 Å². The molecule has 0 unspecified atom stereocenters. The summed E-state index contributed by atoms with van der Waals surface area (Å²) < 4.78 is 1.30. The molecule has 1 nitrogen and oxygen atoms in total. The standard InChI is InChI=1S/C15H9NS/c16-9-11-5-7-12(8-6-11)14-10-17-15-4-2-1-3-13(14)15/h1-8,10H. The van der Waals surface area contributed by atoms with Crippen LogP contribution in [0.1, 0.15) is 5.56 Å². The molecule has 3 rings (SSSR count). The molecule has 0 saturated carbocycles. The van der Waals surface area contributed by atoms with E-state index in [1.54, 1.807) is 11.3 Å². The van der Waals surface area contributed by atoms with E-state index in [2.05, 4.69) is 35.7 Å². The molecule has 1 heterocycles. The van der Waals surface area contributed by atoms with Crippen LogP contribution in [-0.4, -0.2) is 0 Å². The lowest BCUT2D eigenvalue weighted by Crippen LogP contribution is -1.77. The monoisotopic (exact) mass is 235 g/mol. The summed E-state index contributed by atoms with van der Waals surface area (Å²) in [4.78, 5) is 0. The van der Waals surface area contributed by atoms with Gasteiger partial charge in [0.2, 0.25) is 0 Å². The summed E-state index contributed by atoms with van der Waals surface area (Å²) in [6, 6.07) is 18.3. The zero-order valence-corrected chi connectivity index (χ0v) is 9.87. The highest BCUT2D eigenvalue weighted by molar-refractivity contribution is 7.17. The van der Waals surface area contributed by atoms with Crippen LogP contribution in [0.3, 0.4) is 0 Å². The van der Waals surface area contributed by atoms with E-state index in [1.165, 1.54) is 21.2 Å². The second-order valence-electron chi connectivity index (χ2n) is 3.83. The number of hydrogen-bond donors (Lipinski definition) is 0. The highest BCUT2D eigenvalue weighted by Crippen LogP contribution is 2.33. The van der Waals surface area contributed by atoms with Crippen LogP contribution >= 0.6 is 11.3 Å². The molecule has 0 aliphatic carbocycles. The Labute approximate surface area is 104 Å². The summed E-state index contributed by atoms with van der Waals surface area (Å²) in [5.74, 6) is 0. The van der Waals surface area contributed by atoms with E-state index in [4.69, 9.17) is 5.26 Å². The van der Waals surface area contributed by atoms with E-state index in [0.29, 0.717) is 5.56 Å². The Morgan fingerprint density at radius 1 is 0.941 bits per heavy atom. The van der Waals surface area contributed by atoms with Crippen molar-refractivity contribution in [3.8, 4) is 17.2 Å². The Kier molecular flexibility index (Phi) is 2.40. The van der Waals surface area contributed by atoms with Crippen LogP contribution in [0.25, 0.3) is 21.2 Å². The van der Waals surface area contributed by atoms with Gasteiger partial charge in [0.15, 0.2) is 0 Å². The number of hydrogen-bond acceptors (Lipinski definition) is 2. The molecule has 0 N–H and O–H groups in total. The maximum Gasteiger partial charge on any atom is 0.0991 e. The number of fused-ring (bicyclic) bond motifs is 1. The van der Waals surface area contributed by atoms with E-state index in [0.717, 1.165) is 0 Å². The van der Waals surface area contributed by atoms with Gasteiger partial charge in [-0.1, -0.05) is 30.3 Å². The number of benzene rings is 2. The average molecular weight is 235 g/mol. The lowest BCUT2D eigenvalue weighted by Gasteiger charge is -1.99. The fourth-order valence-electron chi connectivity index (χ4n) is 1.93. The topological polar surface area (TPSA) is 23.8 Å². The van der Waals surface area contributed by atoms with Crippen LogP contribution in [0.15, 0.2) is 53.9 Å². The Morgan fingerprint density at radius 2 is 1.71 bits per heavy atom. The second kappa shape index (κ2) is 4.04. The summed E-state index contributed by atoms with van der Waals surface area (Å²) in [6.45, 7) is 0.